The van der Waals surface area contributed by atoms with Crippen molar-refractivity contribution in [2.24, 2.45) is 16.6 Å². The summed E-state index contributed by atoms with van der Waals surface area (Å²) in [5.41, 5.74) is 9.92. The van der Waals surface area contributed by atoms with Gasteiger partial charge in [0.05, 0.1) is 18.1 Å². The van der Waals surface area contributed by atoms with Crippen molar-refractivity contribution in [3.63, 3.8) is 0 Å². The van der Waals surface area contributed by atoms with Gasteiger partial charge in [0.1, 0.15) is 10.6 Å². The quantitative estimate of drug-likeness (QED) is 0.725. The maximum absolute atomic E-state index is 14.3. The van der Waals surface area contributed by atoms with Gasteiger partial charge in [-0.05, 0) is 25.1 Å². The molecule has 3 rings (SSSR count). The number of aliphatic hydroxyl groups excluding tert-OH is 1. The van der Waals surface area contributed by atoms with E-state index >= 15 is 0 Å². The highest BCUT2D eigenvalue weighted by molar-refractivity contribution is 8.15. The zero-order valence-electron chi connectivity index (χ0n) is 11.1. The average molecular weight is 317 g/mol. The molecule has 1 aromatic carbocycles. The summed E-state index contributed by atoms with van der Waals surface area (Å²) in [4.78, 5) is 4.07. The maximum atomic E-state index is 14.3. The molecule has 0 unspecified atom stereocenters. The third-order valence-electron chi connectivity index (χ3n) is 4.27. The number of hydrogen-bond acceptors (Lipinski definition) is 5. The molecule has 0 saturated heterocycles. The molecule has 2 aliphatic rings. The predicted octanol–water partition coefficient (Wildman–Crippen LogP) is 1.68. The normalized spacial score (nSPS) is 36.8. The number of benzene rings is 1. The Labute approximate surface area is 123 Å². The van der Waals surface area contributed by atoms with Crippen LogP contribution in [0.4, 0.5) is 18.9 Å². The number of fused-ring (bicyclic) bond motifs is 1. The number of aliphatic imine (C=N–C) groups is 1. The molecule has 0 bridgehead atoms. The molecule has 1 aliphatic heterocycles. The second-order valence-corrected chi connectivity index (χ2v) is 6.89. The summed E-state index contributed by atoms with van der Waals surface area (Å²) in [6, 6.07) is 3.75. The molecule has 0 amide bonds. The van der Waals surface area contributed by atoms with E-state index in [1.54, 1.807) is 0 Å². The number of nitrogens with zero attached hydrogens (tertiary/aromatic N) is 1. The van der Waals surface area contributed by atoms with Crippen molar-refractivity contribution >= 4 is 22.6 Å². The topological polar surface area (TPSA) is 84.6 Å². The summed E-state index contributed by atoms with van der Waals surface area (Å²) in [5.74, 6) is -5.20. The average Bonchev–Trinajstić information content (AvgIpc) is 2.89. The van der Waals surface area contributed by atoms with Crippen LogP contribution < -0.4 is 11.5 Å². The fraction of sp³-hybridized carbons (Fsp3) is 0.462. The lowest BCUT2D eigenvalue weighted by Gasteiger charge is -2.32. The van der Waals surface area contributed by atoms with Crippen LogP contribution in [0.3, 0.4) is 0 Å². The van der Waals surface area contributed by atoms with Gasteiger partial charge < -0.3 is 16.6 Å². The van der Waals surface area contributed by atoms with Gasteiger partial charge in [-0.1, -0.05) is 11.8 Å². The Morgan fingerprint density at radius 1 is 1.38 bits per heavy atom. The second-order valence-electron chi connectivity index (χ2n) is 5.54. The van der Waals surface area contributed by atoms with E-state index < -0.39 is 34.6 Å². The van der Waals surface area contributed by atoms with Crippen LogP contribution in [0, 0.1) is 11.7 Å². The van der Waals surface area contributed by atoms with E-state index in [1.165, 1.54) is 19.1 Å². The molecule has 0 aromatic heterocycles. The van der Waals surface area contributed by atoms with Gasteiger partial charge in [0, 0.05) is 11.3 Å². The van der Waals surface area contributed by atoms with E-state index in [9.17, 15) is 18.3 Å². The number of amidine groups is 1. The maximum Gasteiger partial charge on any atom is 0.272 e. The van der Waals surface area contributed by atoms with Gasteiger partial charge in [-0.3, -0.25) is 4.99 Å². The van der Waals surface area contributed by atoms with E-state index in [4.69, 9.17) is 11.5 Å². The van der Waals surface area contributed by atoms with Crippen molar-refractivity contribution in [3.05, 3.63) is 29.6 Å². The number of halogens is 3. The lowest BCUT2D eigenvalue weighted by molar-refractivity contribution is 0.0685. The number of thioether (sulfide) groups is 1. The first-order chi connectivity index (χ1) is 9.69. The largest absolute Gasteiger partial charge is 0.399 e. The van der Waals surface area contributed by atoms with Crippen molar-refractivity contribution in [2.45, 2.75) is 23.1 Å². The SMILES string of the molecule is C[C@]1(c2cc(N)ccc2F)N=C(N)S[C@]2(CO)[C@@H]1C2(F)F. The summed E-state index contributed by atoms with van der Waals surface area (Å²) >= 11 is 0.651. The minimum absolute atomic E-state index is 0.0363. The van der Waals surface area contributed by atoms with Crippen molar-refractivity contribution in [1.29, 1.82) is 0 Å². The monoisotopic (exact) mass is 317 g/mol. The molecular weight excluding hydrogens is 303 g/mol. The molecule has 0 radical (unpaired) electrons. The van der Waals surface area contributed by atoms with Gasteiger partial charge in [0.15, 0.2) is 5.17 Å². The molecule has 21 heavy (non-hydrogen) atoms. The van der Waals surface area contributed by atoms with Crippen LogP contribution in [0.15, 0.2) is 23.2 Å². The van der Waals surface area contributed by atoms with Crippen molar-refractivity contribution in [1.82, 2.24) is 0 Å². The molecule has 114 valence electrons. The van der Waals surface area contributed by atoms with Crippen molar-refractivity contribution in [2.75, 3.05) is 12.3 Å². The van der Waals surface area contributed by atoms with Crippen LogP contribution in [0.25, 0.3) is 0 Å². The summed E-state index contributed by atoms with van der Waals surface area (Å²) in [7, 11) is 0. The van der Waals surface area contributed by atoms with E-state index in [2.05, 4.69) is 4.99 Å². The van der Waals surface area contributed by atoms with Gasteiger partial charge in [-0.2, -0.15) is 0 Å². The Morgan fingerprint density at radius 3 is 2.67 bits per heavy atom. The Kier molecular flexibility index (Phi) is 2.82. The number of hydrogen-bond donors (Lipinski definition) is 3. The van der Waals surface area contributed by atoms with E-state index in [0.29, 0.717) is 11.8 Å². The number of nitrogen functional groups attached to an aromatic ring is 1. The fourth-order valence-electron chi connectivity index (χ4n) is 3.25. The fourth-order valence-corrected chi connectivity index (χ4v) is 4.61. The summed E-state index contributed by atoms with van der Waals surface area (Å²) < 4.78 is 40.9. The number of nitrogens with two attached hydrogens (primary N) is 2. The number of aliphatic hydroxyl groups is 1. The molecule has 5 N–H and O–H groups in total. The standard InChI is InChI=1S/C13H14F3N3OS/c1-11(7-4-6(17)2-3-8(7)14)9-12(5-20,13(9,15)16)21-10(18)19-11/h2-4,9,20H,5,17H2,1H3,(H2,18,19)/t9-,11-,12-/m1/s1. The third kappa shape index (κ3) is 1.66. The lowest BCUT2D eigenvalue weighted by Crippen LogP contribution is -2.37. The van der Waals surface area contributed by atoms with Gasteiger partial charge in [0.25, 0.3) is 5.92 Å². The van der Waals surface area contributed by atoms with Crippen LogP contribution in [0.5, 0.6) is 0 Å². The predicted molar refractivity (Wildman–Crippen MR) is 75.6 cm³/mol. The molecule has 0 spiro atoms. The Morgan fingerprint density at radius 2 is 2.05 bits per heavy atom. The number of rotatable bonds is 2. The summed E-state index contributed by atoms with van der Waals surface area (Å²) in [5, 5.41) is 9.32. The van der Waals surface area contributed by atoms with Crippen LogP contribution in [0.2, 0.25) is 0 Å². The molecule has 1 aromatic rings. The first-order valence-electron chi connectivity index (χ1n) is 6.27. The molecule has 3 atom stereocenters. The van der Waals surface area contributed by atoms with Crippen LogP contribution in [0.1, 0.15) is 12.5 Å². The van der Waals surface area contributed by atoms with E-state index in [-0.39, 0.29) is 16.4 Å². The van der Waals surface area contributed by atoms with Crippen LogP contribution in [-0.2, 0) is 5.54 Å². The Bertz CT molecular complexity index is 654. The van der Waals surface area contributed by atoms with E-state index in [0.717, 1.165) is 6.07 Å². The molecule has 1 fully saturated rings. The van der Waals surface area contributed by atoms with Gasteiger partial charge >= 0.3 is 0 Å². The highest BCUT2D eigenvalue weighted by atomic mass is 32.2. The molecular formula is C13H14F3N3OS. The summed E-state index contributed by atoms with van der Waals surface area (Å²) in [6.45, 7) is 0.637. The number of anilines is 1. The highest BCUT2D eigenvalue weighted by Crippen LogP contribution is 2.74. The smallest absolute Gasteiger partial charge is 0.272 e. The minimum atomic E-state index is -3.19. The third-order valence-corrected chi connectivity index (χ3v) is 5.57. The van der Waals surface area contributed by atoms with Crippen molar-refractivity contribution < 1.29 is 18.3 Å². The van der Waals surface area contributed by atoms with Gasteiger partial charge in [-0.25, -0.2) is 13.2 Å². The first kappa shape index (κ1) is 14.5. The van der Waals surface area contributed by atoms with E-state index in [1.807, 2.05) is 0 Å². The minimum Gasteiger partial charge on any atom is -0.399 e. The highest BCUT2D eigenvalue weighted by Gasteiger charge is 2.87. The summed E-state index contributed by atoms with van der Waals surface area (Å²) in [6.07, 6.45) is 0. The molecule has 1 saturated carbocycles. The zero-order valence-corrected chi connectivity index (χ0v) is 11.9. The first-order valence-corrected chi connectivity index (χ1v) is 7.09. The Balaban J connectivity index is 2.20. The Hall–Kier alpha value is -1.41. The molecule has 1 aliphatic carbocycles. The van der Waals surface area contributed by atoms with Crippen LogP contribution in [-0.4, -0.2) is 27.6 Å². The van der Waals surface area contributed by atoms with Crippen LogP contribution >= 0.6 is 11.8 Å². The zero-order chi connectivity index (χ0) is 15.6. The number of alkyl halides is 2. The molecule has 1 heterocycles. The van der Waals surface area contributed by atoms with Gasteiger partial charge in [0.2, 0.25) is 0 Å². The second kappa shape index (κ2) is 4.07. The molecule has 4 nitrogen and oxygen atoms in total. The lowest BCUT2D eigenvalue weighted by atomic mass is 9.85. The van der Waals surface area contributed by atoms with Crippen molar-refractivity contribution in [3.8, 4) is 0 Å². The molecule has 8 heteroatoms. The van der Waals surface area contributed by atoms with Gasteiger partial charge in [-0.15, -0.1) is 0 Å².